The van der Waals surface area contributed by atoms with E-state index in [0.717, 1.165) is 46.4 Å². The van der Waals surface area contributed by atoms with Crippen molar-refractivity contribution in [1.82, 2.24) is 10.6 Å². The summed E-state index contributed by atoms with van der Waals surface area (Å²) in [5, 5.41) is 6.21. The molecule has 0 aliphatic carbocycles. The number of unbranched alkanes of at least 4 members (excludes halogenated alkanes) is 31. The molecule has 0 aliphatic rings. The van der Waals surface area contributed by atoms with Gasteiger partial charge in [-0.25, -0.2) is 0 Å². The van der Waals surface area contributed by atoms with Gasteiger partial charge in [0.05, 0.1) is 54.4 Å². The van der Waals surface area contributed by atoms with Crippen LogP contribution in [0, 0.1) is 0 Å². The highest BCUT2D eigenvalue weighted by Gasteiger charge is 2.16. The molecular weight excluding hydrogens is 789 g/mol. The lowest BCUT2D eigenvalue weighted by Crippen LogP contribution is -2.41. The Labute approximate surface area is 391 Å². The van der Waals surface area contributed by atoms with Crippen LogP contribution in [0.4, 0.5) is 0 Å². The molecule has 2 N–H and O–H groups in total. The molecule has 0 aromatic carbocycles. The van der Waals surface area contributed by atoms with E-state index in [4.69, 9.17) is 0 Å². The molecule has 0 saturated heterocycles. The minimum atomic E-state index is 0.183. The third kappa shape index (κ3) is 48.8. The molecule has 0 aromatic heterocycles. The first-order valence-electron chi connectivity index (χ1n) is 27.0. The maximum atomic E-state index is 12.4. The smallest absolute Gasteiger partial charge is 0.220 e. The Kier molecular flexibility index (Phi) is 45.8. The molecule has 8 heteroatoms. The second-order valence-corrected chi connectivity index (χ2v) is 23.0. The van der Waals surface area contributed by atoms with E-state index in [-0.39, 0.29) is 11.8 Å². The van der Waals surface area contributed by atoms with Crippen LogP contribution in [0.3, 0.4) is 0 Å². The predicted molar refractivity (Wildman–Crippen MR) is 277 cm³/mol. The highest BCUT2D eigenvalue weighted by atomic mass is 33.1. The van der Waals surface area contributed by atoms with Gasteiger partial charge in [-0.1, -0.05) is 222 Å². The normalized spacial score (nSPS) is 12.0. The Bertz CT molecular complexity index is 934. The molecule has 0 rings (SSSR count). The standard InChI is InChI=1S/C53H108N4O2S2/c1-7-9-11-13-15-17-19-21-23-25-27-29-31-33-35-37-39-47-57(5,6)49-41-43-53(59)55-45-51-61-60-50-44-54-52(58)42-40-48-56(3,4)46-38-36-34-32-30-28-26-24-22-20-18-16-14-12-10-8-2/h7-51H2,1-6H3/p+2. The first-order valence-corrected chi connectivity index (χ1v) is 29.5. The number of nitrogens with zero attached hydrogens (tertiary/aromatic N) is 2. The van der Waals surface area contributed by atoms with Crippen molar-refractivity contribution in [2.45, 2.75) is 251 Å². The van der Waals surface area contributed by atoms with Crippen molar-refractivity contribution in [2.75, 3.05) is 79.0 Å². The molecule has 0 saturated carbocycles. The fourth-order valence-electron chi connectivity index (χ4n) is 8.67. The molecule has 364 valence electrons. The highest BCUT2D eigenvalue weighted by Crippen LogP contribution is 2.20. The Morgan fingerprint density at radius 3 is 0.787 bits per heavy atom. The maximum absolute atomic E-state index is 12.4. The van der Waals surface area contributed by atoms with Crippen LogP contribution in [0.25, 0.3) is 0 Å². The van der Waals surface area contributed by atoms with Gasteiger partial charge in [-0.05, 0) is 25.7 Å². The Morgan fingerprint density at radius 1 is 0.328 bits per heavy atom. The first-order chi connectivity index (χ1) is 29.6. The fraction of sp³-hybridized carbons (Fsp3) is 0.962. The van der Waals surface area contributed by atoms with Crippen LogP contribution < -0.4 is 10.6 Å². The summed E-state index contributed by atoms with van der Waals surface area (Å²) in [5.74, 6) is 2.17. The fourth-order valence-corrected chi connectivity index (χ4v) is 10.5. The highest BCUT2D eigenvalue weighted by molar-refractivity contribution is 8.76. The van der Waals surface area contributed by atoms with Crippen molar-refractivity contribution in [3.8, 4) is 0 Å². The van der Waals surface area contributed by atoms with E-state index in [9.17, 15) is 9.59 Å². The van der Waals surface area contributed by atoms with E-state index in [1.165, 1.54) is 225 Å². The number of rotatable bonds is 50. The summed E-state index contributed by atoms with van der Waals surface area (Å²) in [6, 6.07) is 0. The molecule has 0 aromatic rings. The third-order valence-electron chi connectivity index (χ3n) is 12.9. The number of hydrogen-bond donors (Lipinski definition) is 2. The lowest BCUT2D eigenvalue weighted by Gasteiger charge is -2.29. The van der Waals surface area contributed by atoms with Gasteiger partial charge in [-0.2, -0.15) is 0 Å². The Morgan fingerprint density at radius 2 is 0.541 bits per heavy atom. The quantitative estimate of drug-likeness (QED) is 0.0363. The Balaban J connectivity index is 3.53. The van der Waals surface area contributed by atoms with Gasteiger partial charge in [-0.15, -0.1) is 0 Å². The molecule has 0 spiro atoms. The van der Waals surface area contributed by atoms with E-state index < -0.39 is 0 Å². The monoisotopic (exact) mass is 899 g/mol. The van der Waals surface area contributed by atoms with Crippen molar-refractivity contribution in [1.29, 1.82) is 0 Å². The second kappa shape index (κ2) is 46.1. The van der Waals surface area contributed by atoms with E-state index in [1.54, 1.807) is 21.6 Å². The van der Waals surface area contributed by atoms with Gasteiger partial charge in [0.2, 0.25) is 11.8 Å². The molecular formula is C53H110N4O2S2+2. The number of amides is 2. The van der Waals surface area contributed by atoms with Crippen LogP contribution in [-0.4, -0.2) is 99.7 Å². The number of nitrogens with one attached hydrogen (secondary N) is 2. The van der Waals surface area contributed by atoms with E-state index in [0.29, 0.717) is 25.9 Å². The lowest BCUT2D eigenvalue weighted by atomic mass is 10.0. The molecule has 0 atom stereocenters. The maximum Gasteiger partial charge on any atom is 0.220 e. The van der Waals surface area contributed by atoms with E-state index in [2.05, 4.69) is 52.7 Å². The van der Waals surface area contributed by atoms with Crippen molar-refractivity contribution in [3.63, 3.8) is 0 Å². The van der Waals surface area contributed by atoms with Crippen LogP contribution >= 0.6 is 21.6 Å². The topological polar surface area (TPSA) is 58.2 Å². The number of carbonyl (C=O) groups excluding carboxylic acids is 2. The summed E-state index contributed by atoms with van der Waals surface area (Å²) in [4.78, 5) is 24.8. The molecule has 61 heavy (non-hydrogen) atoms. The number of carbonyl (C=O) groups is 2. The molecule has 0 aliphatic heterocycles. The van der Waals surface area contributed by atoms with Gasteiger partial charge in [-0.3, -0.25) is 9.59 Å². The average Bonchev–Trinajstić information content (AvgIpc) is 3.22. The largest absolute Gasteiger partial charge is 0.355 e. The minimum absolute atomic E-state index is 0.183. The molecule has 2 amide bonds. The minimum Gasteiger partial charge on any atom is -0.355 e. The summed E-state index contributed by atoms with van der Waals surface area (Å²) in [6.45, 7) is 10.6. The van der Waals surface area contributed by atoms with Crippen molar-refractivity contribution < 1.29 is 18.6 Å². The van der Waals surface area contributed by atoms with E-state index >= 15 is 0 Å². The zero-order chi connectivity index (χ0) is 44.8. The first kappa shape index (κ1) is 60.6. The van der Waals surface area contributed by atoms with Gasteiger partial charge in [0.25, 0.3) is 0 Å². The van der Waals surface area contributed by atoms with Crippen LogP contribution in [0.15, 0.2) is 0 Å². The van der Waals surface area contributed by atoms with Crippen LogP contribution in [-0.2, 0) is 9.59 Å². The molecule has 0 bridgehead atoms. The second-order valence-electron chi connectivity index (χ2n) is 20.3. The van der Waals surface area contributed by atoms with Gasteiger partial charge in [0.15, 0.2) is 0 Å². The summed E-state index contributed by atoms with van der Waals surface area (Å²) in [5.41, 5.74) is 0. The SMILES string of the molecule is CCCCCCCCCCCCCCCCCCC[N+](C)(C)CCCC(=O)NCCSSCCNC(=O)CCC[N+](C)(C)CCCCCCCCCCCCCCCCCC. The zero-order valence-corrected chi connectivity index (χ0v) is 44.0. The number of quaternary nitrogens is 2. The van der Waals surface area contributed by atoms with Gasteiger partial charge >= 0.3 is 0 Å². The molecule has 0 unspecified atom stereocenters. The van der Waals surface area contributed by atoms with Crippen LogP contribution in [0.2, 0.25) is 0 Å². The molecule has 0 fully saturated rings. The summed E-state index contributed by atoms with van der Waals surface area (Å²) in [6.07, 6.45) is 49.8. The van der Waals surface area contributed by atoms with Crippen LogP contribution in [0.1, 0.15) is 251 Å². The van der Waals surface area contributed by atoms with Crippen molar-refractivity contribution in [2.24, 2.45) is 0 Å². The molecule has 6 nitrogen and oxygen atoms in total. The third-order valence-corrected chi connectivity index (χ3v) is 15.3. The lowest BCUT2D eigenvalue weighted by molar-refractivity contribution is -0.890. The van der Waals surface area contributed by atoms with Crippen LogP contribution in [0.5, 0.6) is 0 Å². The molecule has 0 radical (unpaired) electrons. The van der Waals surface area contributed by atoms with Gasteiger partial charge < -0.3 is 19.6 Å². The summed E-state index contributed by atoms with van der Waals surface area (Å²) < 4.78 is 2.04. The Hall–Kier alpha value is -0.440. The average molecular weight is 900 g/mol. The van der Waals surface area contributed by atoms with Crippen molar-refractivity contribution in [3.05, 3.63) is 0 Å². The summed E-state index contributed by atoms with van der Waals surface area (Å²) in [7, 11) is 12.9. The predicted octanol–water partition coefficient (Wildman–Crippen LogP) is 15.2. The zero-order valence-electron chi connectivity index (χ0n) is 42.3. The summed E-state index contributed by atoms with van der Waals surface area (Å²) >= 11 is 0. The van der Waals surface area contributed by atoms with Crippen molar-refractivity contribution >= 4 is 33.4 Å². The number of hydrogen-bond acceptors (Lipinski definition) is 4. The molecule has 0 heterocycles. The van der Waals surface area contributed by atoms with Gasteiger partial charge in [0.1, 0.15) is 0 Å². The van der Waals surface area contributed by atoms with E-state index in [1.807, 2.05) is 0 Å². The van der Waals surface area contributed by atoms with Gasteiger partial charge in [0, 0.05) is 50.3 Å².